The zero-order valence-corrected chi connectivity index (χ0v) is 17.0. The largest absolute Gasteiger partial charge is 0.494 e. The van der Waals surface area contributed by atoms with Gasteiger partial charge in [-0.3, -0.25) is 9.59 Å². The molecule has 0 aliphatic heterocycles. The third kappa shape index (κ3) is 4.86. The lowest BCUT2D eigenvalue weighted by Crippen LogP contribution is -2.32. The van der Waals surface area contributed by atoms with Crippen LogP contribution in [0.4, 0.5) is 0 Å². The molecule has 6 nitrogen and oxygen atoms in total. The minimum absolute atomic E-state index is 0.205. The Hall–Kier alpha value is -2.93. The van der Waals surface area contributed by atoms with Crippen LogP contribution >= 0.6 is 15.9 Å². The van der Waals surface area contributed by atoms with E-state index in [4.69, 9.17) is 4.74 Å². The molecule has 0 aliphatic carbocycles. The first-order valence-corrected chi connectivity index (χ1v) is 9.72. The zero-order valence-electron chi connectivity index (χ0n) is 15.4. The molecular weight excluding hydrogens is 422 g/mol. The van der Waals surface area contributed by atoms with E-state index in [-0.39, 0.29) is 18.0 Å². The van der Waals surface area contributed by atoms with E-state index in [0.717, 1.165) is 15.8 Å². The quantitative estimate of drug-likeness (QED) is 0.608. The number of rotatable bonds is 7. The predicted molar refractivity (Wildman–Crippen MR) is 112 cm³/mol. The van der Waals surface area contributed by atoms with Gasteiger partial charge in [-0.15, -0.1) is 0 Å². The summed E-state index contributed by atoms with van der Waals surface area (Å²) in [4.78, 5) is 24.4. The van der Waals surface area contributed by atoms with Crippen LogP contribution in [0.1, 0.15) is 17.3 Å². The average molecular weight is 442 g/mol. The van der Waals surface area contributed by atoms with Crippen LogP contribution in [0.3, 0.4) is 0 Å². The van der Waals surface area contributed by atoms with E-state index in [2.05, 4.69) is 26.3 Å². The zero-order chi connectivity index (χ0) is 19.9. The van der Waals surface area contributed by atoms with Crippen molar-refractivity contribution in [3.8, 4) is 17.0 Å². The highest BCUT2D eigenvalue weighted by Gasteiger charge is 2.09. The molecule has 0 saturated carbocycles. The predicted octanol–water partition coefficient (Wildman–Crippen LogP) is 3.50. The van der Waals surface area contributed by atoms with Crippen molar-refractivity contribution in [3.63, 3.8) is 0 Å². The van der Waals surface area contributed by atoms with Crippen LogP contribution < -0.4 is 15.6 Å². The van der Waals surface area contributed by atoms with Gasteiger partial charge >= 0.3 is 0 Å². The van der Waals surface area contributed by atoms with Gasteiger partial charge in [-0.2, -0.15) is 5.10 Å². The molecule has 2 aromatic carbocycles. The molecular formula is C21H20BrN3O3. The second-order valence-electron chi connectivity index (χ2n) is 5.97. The Bertz CT molecular complexity index is 1020. The molecule has 7 heteroatoms. The molecule has 0 aliphatic rings. The third-order valence-electron chi connectivity index (χ3n) is 4.06. The minimum atomic E-state index is -0.218. The van der Waals surface area contributed by atoms with Crippen LogP contribution in [-0.2, 0) is 6.54 Å². The standard InChI is InChI=1S/C21H20BrN3O3/c1-2-28-16-9-7-15(8-10-16)19-11-12-20(26)25(24-19)14-13-23-21(27)17-5-3-4-6-18(17)22/h3-12H,2,13-14H2,1H3,(H,23,27). The first-order chi connectivity index (χ1) is 13.6. The smallest absolute Gasteiger partial charge is 0.266 e. The first-order valence-electron chi connectivity index (χ1n) is 8.92. The molecule has 0 saturated heterocycles. The fourth-order valence-corrected chi connectivity index (χ4v) is 3.13. The maximum Gasteiger partial charge on any atom is 0.266 e. The number of nitrogens with one attached hydrogen (secondary N) is 1. The van der Waals surface area contributed by atoms with Crippen molar-refractivity contribution in [1.82, 2.24) is 15.1 Å². The number of hydrogen-bond acceptors (Lipinski definition) is 4. The van der Waals surface area contributed by atoms with Gasteiger partial charge in [0.15, 0.2) is 0 Å². The Balaban J connectivity index is 1.67. The molecule has 1 heterocycles. The number of amides is 1. The van der Waals surface area contributed by atoms with E-state index in [1.807, 2.05) is 37.3 Å². The lowest BCUT2D eigenvalue weighted by Gasteiger charge is -2.10. The van der Waals surface area contributed by atoms with Gasteiger partial charge in [-0.25, -0.2) is 4.68 Å². The van der Waals surface area contributed by atoms with Crippen LogP contribution in [0.25, 0.3) is 11.3 Å². The van der Waals surface area contributed by atoms with Gasteiger partial charge in [0.25, 0.3) is 11.5 Å². The molecule has 3 aromatic rings. The number of halogens is 1. The Labute approximate surface area is 171 Å². The van der Waals surface area contributed by atoms with Gasteiger partial charge in [0, 0.05) is 22.6 Å². The van der Waals surface area contributed by atoms with Crippen molar-refractivity contribution in [1.29, 1.82) is 0 Å². The molecule has 144 valence electrons. The molecule has 1 N–H and O–H groups in total. The van der Waals surface area contributed by atoms with Crippen molar-refractivity contribution >= 4 is 21.8 Å². The second kappa shape index (κ2) is 9.32. The van der Waals surface area contributed by atoms with Gasteiger partial charge in [-0.05, 0) is 65.3 Å². The van der Waals surface area contributed by atoms with E-state index < -0.39 is 0 Å². The third-order valence-corrected chi connectivity index (χ3v) is 4.75. The number of hydrogen-bond donors (Lipinski definition) is 1. The van der Waals surface area contributed by atoms with E-state index in [1.54, 1.807) is 24.3 Å². The summed E-state index contributed by atoms with van der Waals surface area (Å²) in [6.07, 6.45) is 0. The Kier molecular flexibility index (Phi) is 6.60. The molecule has 28 heavy (non-hydrogen) atoms. The number of ether oxygens (including phenoxy) is 1. The van der Waals surface area contributed by atoms with Crippen LogP contribution in [0.5, 0.6) is 5.75 Å². The van der Waals surface area contributed by atoms with Crippen molar-refractivity contribution in [2.45, 2.75) is 13.5 Å². The number of carbonyl (C=O) groups excluding carboxylic acids is 1. The fourth-order valence-electron chi connectivity index (χ4n) is 2.67. The van der Waals surface area contributed by atoms with E-state index in [9.17, 15) is 9.59 Å². The molecule has 0 fully saturated rings. The molecule has 0 atom stereocenters. The van der Waals surface area contributed by atoms with Crippen LogP contribution in [0.2, 0.25) is 0 Å². The van der Waals surface area contributed by atoms with Gasteiger partial charge in [0.1, 0.15) is 5.75 Å². The molecule has 0 radical (unpaired) electrons. The molecule has 1 amide bonds. The van der Waals surface area contributed by atoms with Crippen LogP contribution in [0.15, 0.2) is 69.9 Å². The highest BCUT2D eigenvalue weighted by atomic mass is 79.9. The van der Waals surface area contributed by atoms with Crippen molar-refractivity contribution < 1.29 is 9.53 Å². The van der Waals surface area contributed by atoms with Crippen molar-refractivity contribution in [3.05, 3.63) is 81.1 Å². The Morgan fingerprint density at radius 3 is 2.57 bits per heavy atom. The normalized spacial score (nSPS) is 10.5. The molecule has 0 unspecified atom stereocenters. The number of aromatic nitrogens is 2. The highest BCUT2D eigenvalue weighted by Crippen LogP contribution is 2.20. The monoisotopic (exact) mass is 441 g/mol. The minimum Gasteiger partial charge on any atom is -0.494 e. The SMILES string of the molecule is CCOc1ccc(-c2ccc(=O)n(CCNC(=O)c3ccccc3Br)n2)cc1. The van der Waals surface area contributed by atoms with E-state index in [1.165, 1.54) is 10.7 Å². The molecule has 0 spiro atoms. The summed E-state index contributed by atoms with van der Waals surface area (Å²) in [5, 5.41) is 7.22. The highest BCUT2D eigenvalue weighted by molar-refractivity contribution is 9.10. The maximum atomic E-state index is 12.3. The van der Waals surface area contributed by atoms with Gasteiger partial charge < -0.3 is 10.1 Å². The van der Waals surface area contributed by atoms with Crippen LogP contribution in [0, 0.1) is 0 Å². The number of carbonyl (C=O) groups is 1. The fraction of sp³-hybridized carbons (Fsp3) is 0.190. The first kappa shape index (κ1) is 19.8. The maximum absolute atomic E-state index is 12.3. The Morgan fingerprint density at radius 2 is 1.86 bits per heavy atom. The van der Waals surface area contributed by atoms with E-state index >= 15 is 0 Å². The van der Waals surface area contributed by atoms with Crippen molar-refractivity contribution in [2.75, 3.05) is 13.2 Å². The number of benzene rings is 2. The summed E-state index contributed by atoms with van der Waals surface area (Å²) in [7, 11) is 0. The van der Waals surface area contributed by atoms with Gasteiger partial charge in [0.2, 0.25) is 0 Å². The lowest BCUT2D eigenvalue weighted by atomic mass is 10.1. The molecule has 0 bridgehead atoms. The summed E-state index contributed by atoms with van der Waals surface area (Å²) in [5.74, 6) is 0.581. The van der Waals surface area contributed by atoms with Gasteiger partial charge in [-0.1, -0.05) is 12.1 Å². The second-order valence-corrected chi connectivity index (χ2v) is 6.83. The van der Waals surface area contributed by atoms with Gasteiger partial charge in [0.05, 0.1) is 24.4 Å². The number of nitrogens with zero attached hydrogens (tertiary/aromatic N) is 2. The Morgan fingerprint density at radius 1 is 1.11 bits per heavy atom. The topological polar surface area (TPSA) is 73.2 Å². The summed E-state index contributed by atoms with van der Waals surface area (Å²) >= 11 is 3.36. The summed E-state index contributed by atoms with van der Waals surface area (Å²) in [6, 6.07) is 17.9. The average Bonchev–Trinajstić information content (AvgIpc) is 2.70. The van der Waals surface area contributed by atoms with Crippen molar-refractivity contribution in [2.24, 2.45) is 0 Å². The summed E-state index contributed by atoms with van der Waals surface area (Å²) < 4.78 is 7.52. The molecule has 3 rings (SSSR count). The summed E-state index contributed by atoms with van der Waals surface area (Å²) in [6.45, 7) is 3.11. The summed E-state index contributed by atoms with van der Waals surface area (Å²) in [5.41, 5.74) is 1.89. The van der Waals surface area contributed by atoms with Crippen LogP contribution in [-0.4, -0.2) is 28.8 Å². The van der Waals surface area contributed by atoms with E-state index in [0.29, 0.717) is 24.4 Å². The molecule has 1 aromatic heterocycles. The lowest BCUT2D eigenvalue weighted by molar-refractivity contribution is 0.0951.